The molecule has 1 atom stereocenters. The molecule has 1 unspecified atom stereocenters. The summed E-state index contributed by atoms with van der Waals surface area (Å²) in [6, 6.07) is 15.5. The van der Waals surface area contributed by atoms with Crippen LogP contribution in [0.25, 0.3) is 0 Å². The lowest BCUT2D eigenvalue weighted by molar-refractivity contribution is -0.117. The Morgan fingerprint density at radius 3 is 2.48 bits per heavy atom. The van der Waals surface area contributed by atoms with Crippen LogP contribution in [-0.4, -0.2) is 62.0 Å². The molecule has 2 aliphatic heterocycles. The summed E-state index contributed by atoms with van der Waals surface area (Å²) in [4.78, 5) is 31.0. The molecule has 2 aromatic carbocycles. The van der Waals surface area contributed by atoms with E-state index in [2.05, 4.69) is 18.0 Å². The Hall–Kier alpha value is -2.86. The molecule has 0 aliphatic carbocycles. The number of para-hydroxylation sites is 1. The molecular formula is C23H27N3O3. The predicted molar refractivity (Wildman–Crippen MR) is 112 cm³/mol. The van der Waals surface area contributed by atoms with Gasteiger partial charge >= 0.3 is 0 Å². The average molecular weight is 393 g/mol. The number of likely N-dealkylation sites (N-methyl/N-ethyl adjacent to an activating group) is 1. The smallest absolute Gasteiger partial charge is 0.253 e. The molecule has 2 amide bonds. The summed E-state index contributed by atoms with van der Waals surface area (Å²) in [5.41, 5.74) is 2.62. The first-order valence-electron chi connectivity index (χ1n) is 10.1. The van der Waals surface area contributed by atoms with E-state index in [0.717, 1.165) is 36.5 Å². The summed E-state index contributed by atoms with van der Waals surface area (Å²) in [6.07, 6.45) is 1.50. The maximum absolute atomic E-state index is 13.1. The van der Waals surface area contributed by atoms with Gasteiger partial charge in [-0.05, 0) is 43.8 Å². The Bertz CT molecular complexity index is 896. The van der Waals surface area contributed by atoms with Crippen LogP contribution in [0.3, 0.4) is 0 Å². The highest BCUT2D eigenvalue weighted by Crippen LogP contribution is 2.31. The van der Waals surface area contributed by atoms with Gasteiger partial charge in [0.15, 0.2) is 0 Å². The van der Waals surface area contributed by atoms with E-state index in [1.165, 1.54) is 0 Å². The van der Waals surface area contributed by atoms with Gasteiger partial charge in [-0.1, -0.05) is 18.2 Å². The lowest BCUT2D eigenvalue weighted by Crippen LogP contribution is -2.49. The van der Waals surface area contributed by atoms with E-state index in [1.807, 2.05) is 47.4 Å². The number of carbonyl (C=O) groups excluding carboxylic acids is 2. The zero-order valence-corrected chi connectivity index (χ0v) is 17.0. The lowest BCUT2D eigenvalue weighted by Gasteiger charge is -2.40. The number of carbonyl (C=O) groups is 2. The fourth-order valence-corrected chi connectivity index (χ4v) is 4.22. The van der Waals surface area contributed by atoms with Crippen LogP contribution in [0, 0.1) is 0 Å². The van der Waals surface area contributed by atoms with Crippen LogP contribution in [-0.2, 0) is 4.79 Å². The van der Waals surface area contributed by atoms with Crippen molar-refractivity contribution in [2.45, 2.75) is 18.9 Å². The highest BCUT2D eigenvalue weighted by molar-refractivity contribution is 5.97. The molecule has 29 heavy (non-hydrogen) atoms. The van der Waals surface area contributed by atoms with Crippen LogP contribution in [0.2, 0.25) is 0 Å². The van der Waals surface area contributed by atoms with E-state index < -0.39 is 0 Å². The summed E-state index contributed by atoms with van der Waals surface area (Å²) in [5, 5.41) is 0. The topological polar surface area (TPSA) is 53.1 Å². The number of amides is 2. The summed E-state index contributed by atoms with van der Waals surface area (Å²) in [6.45, 7) is 2.86. The molecule has 0 aromatic heterocycles. The maximum atomic E-state index is 13.1. The standard InChI is InChI=1S/C23H27N3O3/c1-24-14-15-25(16-20(24)19-6-3-4-7-21(19)29-2)23(28)17-9-11-18(12-10-17)26-13-5-8-22(26)27/h3-4,6-7,9-12,20H,5,8,13-16H2,1-2H3. The van der Waals surface area contributed by atoms with Gasteiger partial charge in [-0.25, -0.2) is 0 Å². The van der Waals surface area contributed by atoms with Crippen molar-refractivity contribution in [2.24, 2.45) is 0 Å². The van der Waals surface area contributed by atoms with E-state index in [4.69, 9.17) is 4.74 Å². The van der Waals surface area contributed by atoms with Crippen LogP contribution < -0.4 is 9.64 Å². The number of hydrogen-bond acceptors (Lipinski definition) is 4. The number of piperazine rings is 1. The van der Waals surface area contributed by atoms with Crippen molar-refractivity contribution in [1.29, 1.82) is 0 Å². The number of rotatable bonds is 4. The summed E-state index contributed by atoms with van der Waals surface area (Å²) in [7, 11) is 3.76. The Labute approximate surface area is 171 Å². The molecule has 2 fully saturated rings. The number of hydrogen-bond donors (Lipinski definition) is 0. The highest BCUT2D eigenvalue weighted by Gasteiger charge is 2.30. The molecule has 0 saturated carbocycles. The molecule has 0 N–H and O–H groups in total. The second-order valence-corrected chi connectivity index (χ2v) is 7.69. The Morgan fingerprint density at radius 2 is 1.79 bits per heavy atom. The van der Waals surface area contributed by atoms with Gasteiger partial charge in [0.05, 0.1) is 13.2 Å². The first-order chi connectivity index (χ1) is 14.1. The lowest BCUT2D eigenvalue weighted by atomic mass is 10.0. The van der Waals surface area contributed by atoms with Gasteiger partial charge in [-0.15, -0.1) is 0 Å². The van der Waals surface area contributed by atoms with Crippen LogP contribution in [0.15, 0.2) is 48.5 Å². The molecule has 0 spiro atoms. The minimum absolute atomic E-state index is 0.0253. The highest BCUT2D eigenvalue weighted by atomic mass is 16.5. The maximum Gasteiger partial charge on any atom is 0.253 e. The van der Waals surface area contributed by atoms with Gasteiger partial charge in [0.1, 0.15) is 5.75 Å². The number of methoxy groups -OCH3 is 1. The average Bonchev–Trinajstić information content (AvgIpc) is 3.19. The first-order valence-corrected chi connectivity index (χ1v) is 10.1. The molecule has 0 bridgehead atoms. The van der Waals surface area contributed by atoms with Gasteiger partial charge < -0.3 is 14.5 Å². The number of nitrogens with zero attached hydrogens (tertiary/aromatic N) is 3. The summed E-state index contributed by atoms with van der Waals surface area (Å²) < 4.78 is 5.54. The first kappa shape index (κ1) is 19.5. The van der Waals surface area contributed by atoms with Gasteiger partial charge in [-0.2, -0.15) is 0 Å². The van der Waals surface area contributed by atoms with E-state index in [1.54, 1.807) is 12.0 Å². The molecule has 4 rings (SSSR count). The SMILES string of the molecule is COc1ccccc1C1CN(C(=O)c2ccc(N3CCCC3=O)cc2)CCN1C. The van der Waals surface area contributed by atoms with E-state index in [9.17, 15) is 9.59 Å². The van der Waals surface area contributed by atoms with E-state index in [-0.39, 0.29) is 17.9 Å². The molecule has 6 heteroatoms. The van der Waals surface area contributed by atoms with Crippen molar-refractivity contribution in [3.63, 3.8) is 0 Å². The van der Waals surface area contributed by atoms with Crippen molar-refractivity contribution in [3.8, 4) is 5.75 Å². The van der Waals surface area contributed by atoms with Crippen molar-refractivity contribution in [1.82, 2.24) is 9.80 Å². The minimum Gasteiger partial charge on any atom is -0.496 e. The minimum atomic E-state index is 0.0253. The Balaban J connectivity index is 1.50. The number of ether oxygens (including phenoxy) is 1. The summed E-state index contributed by atoms with van der Waals surface area (Å²) >= 11 is 0. The van der Waals surface area contributed by atoms with Gasteiger partial charge in [0.2, 0.25) is 5.91 Å². The normalized spacial score (nSPS) is 20.2. The molecule has 2 aliphatic rings. The van der Waals surface area contributed by atoms with E-state index >= 15 is 0 Å². The largest absolute Gasteiger partial charge is 0.496 e. The van der Waals surface area contributed by atoms with Gasteiger partial charge in [0, 0.05) is 49.4 Å². The van der Waals surface area contributed by atoms with Crippen LogP contribution in [0.4, 0.5) is 5.69 Å². The number of anilines is 1. The third-order valence-electron chi connectivity index (χ3n) is 5.93. The Morgan fingerprint density at radius 1 is 1.03 bits per heavy atom. The van der Waals surface area contributed by atoms with Gasteiger partial charge in [-0.3, -0.25) is 14.5 Å². The van der Waals surface area contributed by atoms with Crippen molar-refractivity contribution in [2.75, 3.05) is 45.2 Å². The zero-order chi connectivity index (χ0) is 20.4. The van der Waals surface area contributed by atoms with Gasteiger partial charge in [0.25, 0.3) is 5.91 Å². The molecule has 152 valence electrons. The monoisotopic (exact) mass is 393 g/mol. The zero-order valence-electron chi connectivity index (χ0n) is 17.0. The molecule has 2 heterocycles. The van der Waals surface area contributed by atoms with Crippen LogP contribution in [0.5, 0.6) is 5.75 Å². The van der Waals surface area contributed by atoms with Crippen molar-refractivity contribution < 1.29 is 14.3 Å². The van der Waals surface area contributed by atoms with E-state index in [0.29, 0.717) is 25.1 Å². The number of benzene rings is 2. The fraction of sp³-hybridized carbons (Fsp3) is 0.391. The molecular weight excluding hydrogens is 366 g/mol. The second-order valence-electron chi connectivity index (χ2n) is 7.69. The third-order valence-corrected chi connectivity index (χ3v) is 5.93. The Kier molecular flexibility index (Phi) is 5.53. The third kappa shape index (κ3) is 3.85. The fourth-order valence-electron chi connectivity index (χ4n) is 4.22. The van der Waals surface area contributed by atoms with Crippen LogP contribution in [0.1, 0.15) is 34.8 Å². The molecule has 2 aromatic rings. The quantitative estimate of drug-likeness (QED) is 0.802. The molecule has 6 nitrogen and oxygen atoms in total. The van der Waals surface area contributed by atoms with Crippen LogP contribution >= 0.6 is 0 Å². The van der Waals surface area contributed by atoms with Crippen molar-refractivity contribution in [3.05, 3.63) is 59.7 Å². The predicted octanol–water partition coefficient (Wildman–Crippen LogP) is 2.95. The molecule has 0 radical (unpaired) electrons. The second kappa shape index (κ2) is 8.25. The summed E-state index contributed by atoms with van der Waals surface area (Å²) in [5.74, 6) is 1.03. The molecule has 2 saturated heterocycles. The van der Waals surface area contributed by atoms with Crippen molar-refractivity contribution >= 4 is 17.5 Å².